The van der Waals surface area contributed by atoms with Gasteiger partial charge in [0.15, 0.2) is 50.3 Å². The molecule has 9 fully saturated rings. The lowest BCUT2D eigenvalue weighted by Crippen LogP contribution is -2.71. The fourth-order valence-electron chi connectivity index (χ4n) is 15.5. The summed E-state index contributed by atoms with van der Waals surface area (Å²) in [7, 11) is 0. The summed E-state index contributed by atoms with van der Waals surface area (Å²) < 4.78 is 100. The number of aliphatic hydroxyl groups excluding tert-OH is 25. The van der Waals surface area contributed by atoms with E-state index in [1.54, 1.807) is 0 Å². The number of rotatable bonds is 33. The van der Waals surface area contributed by atoms with Gasteiger partial charge in [0.2, 0.25) is 29.5 Å². The lowest BCUT2D eigenvalue weighted by Gasteiger charge is -2.51. The van der Waals surface area contributed by atoms with Crippen LogP contribution in [0, 0.1) is 0 Å². The standard InChI is InChI=1S/C67H111N5O49/c1-16(80)68-31-21(85)6-67(66(103)104,121-54(31)36(87)22(86)7-73)106-15-30-39(90)42(93)33(70-18(3)82)59(113-30)116-52-27(12-78)112-61(35(44(52)95)72-20(5)84)120-57-47(98)38(89)24(9-75)110-65(57)119-56-41(92)29(14-105-62-49(100)55(40(91)25(10-76)108-62)118-63-48(99)46(97)37(88)23(8-74)109-63)114-64(50(56)101)117-53-28(13-79)111-60(34(45(53)96)71-19(4)83)115-51-26(11-77)107-58(102)32(43(51)94)69-17(2)81/h21-65,73-79,85-102H,6-15H2,1-5H3,(H,68,80)(H,69,81)(H,70,82)(H,71,83)(H,72,84)(H,103,104)/t21-,22+,23+,24+,25+,26+,27+,28+,29+,30+,31+,32+,33+,34+,35+,36+,37+,38+,39-,40+,41+,42+,43+,44+,45+,46-,47-,48-,49-,50-,51+,52+,53+,54+,55-,56-,57-,58+,59-,60-,61-,62-,63+,64-,65+,67+/m0/s1. The van der Waals surface area contributed by atoms with E-state index in [0.717, 1.165) is 34.6 Å². The number of carbonyl (C=O) groups excluding carboxylic acids is 5. The highest BCUT2D eigenvalue weighted by molar-refractivity contribution is 5.77. The van der Waals surface area contributed by atoms with Gasteiger partial charge in [0.1, 0.15) is 213 Å². The molecular weight excluding hydrogens is 1660 g/mol. The van der Waals surface area contributed by atoms with E-state index in [2.05, 4.69) is 26.6 Å². The zero-order valence-electron chi connectivity index (χ0n) is 65.1. The van der Waals surface area contributed by atoms with Crippen LogP contribution in [0.4, 0.5) is 0 Å². The monoisotopic (exact) mass is 1770 g/mol. The van der Waals surface area contributed by atoms with Gasteiger partial charge in [-0.25, -0.2) is 4.79 Å². The number of hydrogen-bond donors (Lipinski definition) is 31. The van der Waals surface area contributed by atoms with Gasteiger partial charge in [0, 0.05) is 41.0 Å². The minimum Gasteiger partial charge on any atom is -0.477 e. The molecule has 0 saturated carbocycles. The van der Waals surface area contributed by atoms with Crippen LogP contribution < -0.4 is 26.6 Å². The van der Waals surface area contributed by atoms with Gasteiger partial charge in [-0.3, -0.25) is 24.0 Å². The van der Waals surface area contributed by atoms with E-state index in [1.165, 1.54) is 0 Å². The zero-order valence-corrected chi connectivity index (χ0v) is 65.1. The molecule has 9 heterocycles. The Labute approximate surface area is 684 Å². The molecule has 0 unspecified atom stereocenters. The Morgan fingerprint density at radius 1 is 0.339 bits per heavy atom. The predicted molar refractivity (Wildman–Crippen MR) is 372 cm³/mol. The molecule has 0 aliphatic carbocycles. The van der Waals surface area contributed by atoms with Crippen molar-refractivity contribution >= 4 is 35.5 Å². The number of nitrogens with one attached hydrogen (secondary N) is 5. The Morgan fingerprint density at radius 3 is 1.16 bits per heavy atom. The SMILES string of the molecule is CC(=O)N[C@@H]1[C@@H](O)[C@H](O[C@@H]2O[C@H](CO)[C@@H](O[C@@H]3O[C@H](CO[C@H]4O[C@H](CO)[C@@H](O)[C@H](O[C@H]5O[C@H](CO)[C@@H](O)[C@H](O)[C@@H]5O)[C@@H]4O)[C@@H](O)[C@H](O[C@H]4O[C@H](CO)[C@@H](O)[C@H](O)[C@@H]4O[C@@H]4O[C@H](CO)[C@@H](O[C@@H]5O[C@H](CO[C@]6(C(=O)O)C[C@H](O)[C@@H](NC(C)=O)[C@H]([C@H](O)[C@H](O)CO)O6)[C@H](O)[C@H](O)[C@H]5NC(C)=O)[C@H](O)[C@H]4NC(C)=O)[C@@H]3O)[C@H](O)[C@H]2NC(C)=O)[C@@H](CO)O[C@H]1O. The van der Waals surface area contributed by atoms with Crippen molar-refractivity contribution in [1.29, 1.82) is 0 Å². The van der Waals surface area contributed by atoms with Crippen molar-refractivity contribution in [1.82, 2.24) is 26.6 Å². The van der Waals surface area contributed by atoms with Crippen LogP contribution in [-0.2, 0) is 109 Å². The molecule has 9 saturated heterocycles. The molecule has 9 rings (SSSR count). The molecule has 0 radical (unpaired) electrons. The van der Waals surface area contributed by atoms with Gasteiger partial charge in [0.25, 0.3) is 5.79 Å². The molecule has 5 amide bonds. The molecular formula is C67H111N5O49. The third-order valence-electron chi connectivity index (χ3n) is 21.7. The number of ether oxygens (including phenoxy) is 17. The number of aliphatic hydroxyl groups is 25. The summed E-state index contributed by atoms with van der Waals surface area (Å²) in [5.41, 5.74) is 0. The number of carboxylic acids is 1. The summed E-state index contributed by atoms with van der Waals surface area (Å²) in [6.45, 7) is -5.64. The molecule has 0 aromatic carbocycles. The first-order valence-corrected chi connectivity index (χ1v) is 38.2. The van der Waals surface area contributed by atoms with Crippen molar-refractivity contribution in [2.45, 2.75) is 323 Å². The van der Waals surface area contributed by atoms with Gasteiger partial charge in [-0.2, -0.15) is 0 Å². The van der Waals surface area contributed by atoms with Crippen molar-refractivity contribution in [2.75, 3.05) is 59.5 Å². The predicted octanol–water partition coefficient (Wildman–Crippen LogP) is -20.7. The zero-order chi connectivity index (χ0) is 89.6. The van der Waals surface area contributed by atoms with Crippen LogP contribution in [-0.4, -0.2) is 509 Å². The van der Waals surface area contributed by atoms with E-state index < -0.39 is 383 Å². The van der Waals surface area contributed by atoms with Crippen molar-refractivity contribution < 1.29 is 242 Å². The maximum Gasteiger partial charge on any atom is 0.364 e. The van der Waals surface area contributed by atoms with Gasteiger partial charge in [-0.1, -0.05) is 0 Å². The third-order valence-corrected chi connectivity index (χ3v) is 21.7. The van der Waals surface area contributed by atoms with Crippen LogP contribution in [0.3, 0.4) is 0 Å². The highest BCUT2D eigenvalue weighted by Gasteiger charge is 2.62. The Kier molecular flexibility index (Phi) is 35.7. The van der Waals surface area contributed by atoms with Crippen molar-refractivity contribution in [3.05, 3.63) is 0 Å². The summed E-state index contributed by atoms with van der Waals surface area (Å²) in [5, 5.41) is 301. The first kappa shape index (κ1) is 99.9. The average molecular weight is 1770 g/mol. The molecule has 54 nitrogen and oxygen atoms in total. The van der Waals surface area contributed by atoms with Crippen LogP contribution >= 0.6 is 0 Å². The average Bonchev–Trinajstić information content (AvgIpc) is 0.781. The fourth-order valence-corrected chi connectivity index (χ4v) is 15.5. The van der Waals surface area contributed by atoms with Crippen LogP contribution in [0.15, 0.2) is 0 Å². The molecule has 54 heteroatoms. The lowest BCUT2D eigenvalue weighted by atomic mass is 9.88. The molecule has 9 aliphatic heterocycles. The van der Waals surface area contributed by atoms with Gasteiger partial charge < -0.3 is 240 Å². The Hall–Kier alpha value is -4.86. The van der Waals surface area contributed by atoms with Crippen molar-refractivity contribution in [2.24, 2.45) is 0 Å². The van der Waals surface area contributed by atoms with E-state index in [9.17, 15) is 162 Å². The Balaban J connectivity index is 1.02. The maximum absolute atomic E-state index is 13.2. The first-order chi connectivity index (χ1) is 57.0. The smallest absolute Gasteiger partial charge is 0.364 e. The second-order valence-corrected chi connectivity index (χ2v) is 30.4. The fraction of sp³-hybridized carbons (Fsp3) is 0.910. The molecule has 9 aliphatic rings. The molecule has 31 N–H and O–H groups in total. The van der Waals surface area contributed by atoms with Gasteiger partial charge >= 0.3 is 5.97 Å². The highest BCUT2D eigenvalue weighted by Crippen LogP contribution is 2.41. The van der Waals surface area contributed by atoms with Gasteiger partial charge in [-0.05, 0) is 0 Å². The Bertz CT molecular complexity index is 3340. The summed E-state index contributed by atoms with van der Waals surface area (Å²) in [6.07, 6.45) is -86.9. The maximum atomic E-state index is 13.2. The second kappa shape index (κ2) is 43.3. The molecule has 698 valence electrons. The molecule has 46 atom stereocenters. The van der Waals surface area contributed by atoms with E-state index >= 15 is 0 Å². The van der Waals surface area contributed by atoms with Gasteiger partial charge in [-0.15, -0.1) is 0 Å². The largest absolute Gasteiger partial charge is 0.477 e. The number of amides is 5. The highest BCUT2D eigenvalue weighted by atomic mass is 16.8. The molecule has 0 spiro atoms. The first-order valence-electron chi connectivity index (χ1n) is 38.2. The van der Waals surface area contributed by atoms with E-state index in [0.29, 0.717) is 0 Å². The number of carboxylic acid groups (broad SMARTS) is 1. The summed E-state index contributed by atoms with van der Waals surface area (Å²) >= 11 is 0. The quantitative estimate of drug-likeness (QED) is 0.0290. The minimum atomic E-state index is -3.10. The summed E-state index contributed by atoms with van der Waals surface area (Å²) in [4.78, 5) is 76.4. The van der Waals surface area contributed by atoms with Crippen LogP contribution in [0.25, 0.3) is 0 Å². The van der Waals surface area contributed by atoms with Crippen molar-refractivity contribution in [3.8, 4) is 0 Å². The van der Waals surface area contributed by atoms with Crippen LogP contribution in [0.5, 0.6) is 0 Å². The number of aliphatic carboxylic acids is 1. The minimum absolute atomic E-state index is 0.795. The van der Waals surface area contributed by atoms with Crippen LogP contribution in [0.1, 0.15) is 41.0 Å². The third kappa shape index (κ3) is 22.5. The second-order valence-electron chi connectivity index (χ2n) is 30.4. The lowest BCUT2D eigenvalue weighted by molar-refractivity contribution is -0.397. The molecule has 0 bridgehead atoms. The normalized spacial score (nSPS) is 46.6. The van der Waals surface area contributed by atoms with Crippen molar-refractivity contribution in [3.63, 3.8) is 0 Å². The number of hydrogen-bond acceptors (Lipinski definition) is 48. The summed E-state index contributed by atoms with van der Waals surface area (Å²) in [6, 6.07) is -9.30. The van der Waals surface area contributed by atoms with E-state index in [4.69, 9.17) is 80.5 Å². The number of carbonyl (C=O) groups is 6. The molecule has 0 aromatic heterocycles. The van der Waals surface area contributed by atoms with Gasteiger partial charge in [0.05, 0.1) is 71.6 Å². The van der Waals surface area contributed by atoms with E-state index in [-0.39, 0.29) is 0 Å². The Morgan fingerprint density at radius 2 is 0.678 bits per heavy atom. The molecule has 121 heavy (non-hydrogen) atoms. The molecule has 0 aromatic rings. The topological polar surface area (TPSA) is 845 Å². The summed E-state index contributed by atoms with van der Waals surface area (Å²) in [5.74, 6) is -9.74. The van der Waals surface area contributed by atoms with E-state index in [1.807, 2.05) is 0 Å². The van der Waals surface area contributed by atoms with Crippen LogP contribution in [0.2, 0.25) is 0 Å².